The molecule has 0 N–H and O–H groups in total. The van der Waals surface area contributed by atoms with Gasteiger partial charge in [0.15, 0.2) is 0 Å². The first-order valence-corrected chi connectivity index (χ1v) is 11.8. The van der Waals surface area contributed by atoms with Crippen LogP contribution in [0.5, 0.6) is 0 Å². The van der Waals surface area contributed by atoms with Crippen LogP contribution >= 0.6 is 11.3 Å². The fourth-order valence-corrected chi connectivity index (χ4v) is 5.46. The highest BCUT2D eigenvalue weighted by atomic mass is 32.1. The molecule has 2 aliphatic heterocycles. The number of carbonyl (C=O) groups excluding carboxylic acids is 1. The number of amides is 1. The first-order valence-electron chi connectivity index (χ1n) is 11.0. The van der Waals surface area contributed by atoms with Crippen LogP contribution < -0.4 is 4.90 Å². The highest BCUT2D eigenvalue weighted by molar-refractivity contribution is 7.15. The topological polar surface area (TPSA) is 52.6 Å². The summed E-state index contributed by atoms with van der Waals surface area (Å²) in [6, 6.07) is 14.4. The zero-order chi connectivity index (χ0) is 21.0. The number of fused-ring (bicyclic) bond motifs is 1. The summed E-state index contributed by atoms with van der Waals surface area (Å²) in [6.45, 7) is 5.75. The largest absolute Gasteiger partial charge is 0.369 e. The summed E-state index contributed by atoms with van der Waals surface area (Å²) in [5.74, 6) is 0.232. The van der Waals surface area contributed by atoms with Gasteiger partial charge in [-0.3, -0.25) is 14.7 Å². The van der Waals surface area contributed by atoms with E-state index in [1.54, 1.807) is 11.3 Å². The first-order chi connectivity index (χ1) is 15.3. The van der Waals surface area contributed by atoms with Crippen molar-refractivity contribution in [2.24, 2.45) is 0 Å². The van der Waals surface area contributed by atoms with E-state index in [1.165, 1.54) is 10.6 Å². The minimum Gasteiger partial charge on any atom is -0.369 e. The molecule has 0 bridgehead atoms. The van der Waals surface area contributed by atoms with Crippen LogP contribution in [-0.2, 0) is 17.8 Å². The van der Waals surface area contributed by atoms with Gasteiger partial charge in [-0.1, -0.05) is 30.3 Å². The minimum atomic E-state index is 0.232. The molecule has 1 fully saturated rings. The summed E-state index contributed by atoms with van der Waals surface area (Å²) in [5, 5.41) is 1.06. The van der Waals surface area contributed by atoms with Crippen LogP contribution in [0, 0.1) is 0 Å². The van der Waals surface area contributed by atoms with Crippen LogP contribution in [0.4, 0.5) is 5.69 Å². The molecule has 0 atom stereocenters. The normalized spacial score (nSPS) is 17.3. The highest BCUT2D eigenvalue weighted by Gasteiger charge is 2.26. The predicted octanol–water partition coefficient (Wildman–Crippen LogP) is 3.30. The highest BCUT2D eigenvalue weighted by Crippen LogP contribution is 2.31. The van der Waals surface area contributed by atoms with Gasteiger partial charge in [0.05, 0.1) is 30.7 Å². The van der Waals surface area contributed by atoms with Gasteiger partial charge in [-0.05, 0) is 18.6 Å². The predicted molar refractivity (Wildman–Crippen MR) is 124 cm³/mol. The fourth-order valence-electron chi connectivity index (χ4n) is 4.33. The average molecular weight is 434 g/mol. The molecule has 1 amide bonds. The molecule has 0 aliphatic carbocycles. The lowest BCUT2D eigenvalue weighted by Gasteiger charge is -2.29. The third-order valence-electron chi connectivity index (χ3n) is 6.06. The molecular formula is C24H27N5OS. The van der Waals surface area contributed by atoms with Crippen molar-refractivity contribution in [3.63, 3.8) is 0 Å². The van der Waals surface area contributed by atoms with Crippen molar-refractivity contribution in [3.8, 4) is 10.6 Å². The summed E-state index contributed by atoms with van der Waals surface area (Å²) in [4.78, 5) is 30.1. The Labute approximate surface area is 187 Å². The lowest BCUT2D eigenvalue weighted by molar-refractivity contribution is -0.133. The Hall–Kier alpha value is -2.77. The van der Waals surface area contributed by atoms with Gasteiger partial charge in [-0.25, -0.2) is 4.98 Å². The van der Waals surface area contributed by atoms with E-state index in [1.807, 2.05) is 41.6 Å². The third kappa shape index (κ3) is 4.62. The van der Waals surface area contributed by atoms with Crippen LogP contribution in [0.25, 0.3) is 10.6 Å². The number of aromatic nitrogens is 2. The summed E-state index contributed by atoms with van der Waals surface area (Å²) < 4.78 is 0. The van der Waals surface area contributed by atoms with Gasteiger partial charge in [0, 0.05) is 55.8 Å². The van der Waals surface area contributed by atoms with E-state index in [0.717, 1.165) is 61.8 Å². The number of hydrogen-bond acceptors (Lipinski definition) is 6. The van der Waals surface area contributed by atoms with Crippen molar-refractivity contribution in [3.05, 3.63) is 65.4 Å². The van der Waals surface area contributed by atoms with Crippen molar-refractivity contribution in [1.82, 2.24) is 19.8 Å². The molecule has 5 rings (SSSR count). The van der Waals surface area contributed by atoms with Crippen molar-refractivity contribution < 1.29 is 4.79 Å². The molecule has 1 saturated heterocycles. The van der Waals surface area contributed by atoms with Crippen molar-refractivity contribution in [2.75, 3.05) is 44.2 Å². The van der Waals surface area contributed by atoms with Gasteiger partial charge in [0.1, 0.15) is 5.01 Å². The molecule has 6 nitrogen and oxygen atoms in total. The second-order valence-corrected chi connectivity index (χ2v) is 9.23. The first kappa shape index (κ1) is 20.2. The molecule has 0 spiro atoms. The molecule has 31 heavy (non-hydrogen) atoms. The SMILES string of the molecule is O=C(CN1CCCN(c2cccnc2)CC1)N1CCc2nc(-c3ccccc3)sc2C1. The summed E-state index contributed by atoms with van der Waals surface area (Å²) in [6.07, 6.45) is 5.63. The van der Waals surface area contributed by atoms with Crippen LogP contribution in [-0.4, -0.2) is 64.9 Å². The molecule has 2 aromatic heterocycles. The number of thiazole rings is 1. The summed E-state index contributed by atoms with van der Waals surface area (Å²) >= 11 is 1.73. The molecule has 160 valence electrons. The van der Waals surface area contributed by atoms with E-state index < -0.39 is 0 Å². The van der Waals surface area contributed by atoms with Gasteiger partial charge >= 0.3 is 0 Å². The van der Waals surface area contributed by atoms with Gasteiger partial charge < -0.3 is 9.80 Å². The maximum Gasteiger partial charge on any atom is 0.237 e. The monoisotopic (exact) mass is 433 g/mol. The number of rotatable bonds is 4. The average Bonchev–Trinajstić information content (AvgIpc) is 3.12. The van der Waals surface area contributed by atoms with E-state index >= 15 is 0 Å². The Kier molecular flexibility index (Phi) is 5.95. The Morgan fingerprint density at radius 1 is 1.00 bits per heavy atom. The number of hydrogen-bond donors (Lipinski definition) is 0. The second kappa shape index (κ2) is 9.16. The zero-order valence-corrected chi connectivity index (χ0v) is 18.4. The molecule has 1 aromatic carbocycles. The molecule has 0 unspecified atom stereocenters. The van der Waals surface area contributed by atoms with Crippen molar-refractivity contribution in [1.29, 1.82) is 0 Å². The molecule has 0 radical (unpaired) electrons. The Bertz CT molecular complexity index is 1020. The second-order valence-electron chi connectivity index (χ2n) is 8.15. The van der Waals surface area contributed by atoms with E-state index in [2.05, 4.69) is 33.0 Å². The van der Waals surface area contributed by atoms with Crippen LogP contribution in [0.1, 0.15) is 17.0 Å². The number of benzene rings is 1. The molecule has 0 saturated carbocycles. The third-order valence-corrected chi connectivity index (χ3v) is 7.19. The summed E-state index contributed by atoms with van der Waals surface area (Å²) in [5.41, 5.74) is 3.48. The number of pyridine rings is 1. The molecule has 4 heterocycles. The Morgan fingerprint density at radius 3 is 2.74 bits per heavy atom. The van der Waals surface area contributed by atoms with Crippen molar-refractivity contribution in [2.45, 2.75) is 19.4 Å². The number of carbonyl (C=O) groups is 1. The molecule has 3 aromatic rings. The quantitative estimate of drug-likeness (QED) is 0.632. The standard InChI is InChI=1S/C24H27N5OS/c30-23(18-27-11-5-12-28(15-14-27)20-8-4-10-25-16-20)29-13-9-21-22(17-29)31-24(26-21)19-6-2-1-3-7-19/h1-4,6-8,10,16H,5,9,11-15,17-18H2. The lowest BCUT2D eigenvalue weighted by atomic mass is 10.1. The minimum absolute atomic E-state index is 0.232. The van der Waals surface area contributed by atoms with Gasteiger partial charge in [0.2, 0.25) is 5.91 Å². The van der Waals surface area contributed by atoms with Crippen LogP contribution in [0.3, 0.4) is 0 Å². The van der Waals surface area contributed by atoms with E-state index in [0.29, 0.717) is 13.1 Å². The number of nitrogens with zero attached hydrogens (tertiary/aromatic N) is 5. The maximum atomic E-state index is 13.1. The maximum absolute atomic E-state index is 13.1. The van der Waals surface area contributed by atoms with Crippen LogP contribution in [0.2, 0.25) is 0 Å². The molecule has 7 heteroatoms. The fraction of sp³-hybridized carbons (Fsp3) is 0.375. The van der Waals surface area contributed by atoms with Gasteiger partial charge in [-0.15, -0.1) is 11.3 Å². The van der Waals surface area contributed by atoms with Gasteiger partial charge in [0.25, 0.3) is 0 Å². The van der Waals surface area contributed by atoms with E-state index in [9.17, 15) is 4.79 Å². The number of anilines is 1. The van der Waals surface area contributed by atoms with Gasteiger partial charge in [-0.2, -0.15) is 0 Å². The van der Waals surface area contributed by atoms with Crippen LogP contribution in [0.15, 0.2) is 54.9 Å². The molecule has 2 aliphatic rings. The van der Waals surface area contributed by atoms with E-state index in [-0.39, 0.29) is 5.91 Å². The smallest absolute Gasteiger partial charge is 0.237 e. The summed E-state index contributed by atoms with van der Waals surface area (Å²) in [7, 11) is 0. The lowest BCUT2D eigenvalue weighted by Crippen LogP contribution is -2.43. The van der Waals surface area contributed by atoms with Crippen molar-refractivity contribution >= 4 is 22.9 Å². The van der Waals surface area contributed by atoms with E-state index in [4.69, 9.17) is 4.98 Å². The molecular weight excluding hydrogens is 406 g/mol. The zero-order valence-electron chi connectivity index (χ0n) is 17.6. The Morgan fingerprint density at radius 2 is 1.90 bits per heavy atom. The Balaban J connectivity index is 1.19.